The Labute approximate surface area is 290 Å². The van der Waals surface area contributed by atoms with Crippen LogP contribution in [0, 0.1) is 20.2 Å². The van der Waals surface area contributed by atoms with E-state index >= 15 is 0 Å². The highest BCUT2D eigenvalue weighted by Gasteiger charge is 2.38. The van der Waals surface area contributed by atoms with E-state index in [0.29, 0.717) is 52.0 Å². The maximum atomic E-state index is 13.4. The molecule has 2 aliphatic heterocycles. The Morgan fingerprint density at radius 2 is 1.00 bits per heavy atom. The topological polar surface area (TPSA) is 239 Å². The van der Waals surface area contributed by atoms with E-state index in [2.05, 4.69) is 10.6 Å². The van der Waals surface area contributed by atoms with Crippen molar-refractivity contribution >= 4 is 66.7 Å². The summed E-state index contributed by atoms with van der Waals surface area (Å²) in [5.41, 5.74) is 0.363. The molecule has 0 spiro atoms. The first-order valence-electron chi connectivity index (χ1n) is 15.5. The number of nitrogens with zero attached hydrogens (tertiary/aromatic N) is 4. The molecule has 6 rings (SSSR count). The van der Waals surface area contributed by atoms with E-state index in [1.54, 1.807) is 50.2 Å². The van der Waals surface area contributed by atoms with E-state index in [1.807, 2.05) is 0 Å². The summed E-state index contributed by atoms with van der Waals surface area (Å²) < 4.78 is 25.9. The monoisotopic (exact) mass is 720 g/mol. The van der Waals surface area contributed by atoms with Gasteiger partial charge in [-0.1, -0.05) is 24.3 Å². The predicted molar refractivity (Wildman–Crippen MR) is 184 cm³/mol. The molecule has 266 valence electrons. The molecule has 0 aliphatic carbocycles. The molecule has 2 heterocycles. The van der Waals surface area contributed by atoms with Crippen molar-refractivity contribution < 1.29 is 42.0 Å². The molecule has 2 atom stereocenters. The van der Waals surface area contributed by atoms with E-state index in [-0.39, 0.29) is 35.6 Å². The fourth-order valence-electron chi connectivity index (χ4n) is 6.21. The van der Waals surface area contributed by atoms with Crippen LogP contribution in [0.4, 0.5) is 11.4 Å². The molecular formula is C33H32N6O11S. The summed E-state index contributed by atoms with van der Waals surface area (Å²) in [4.78, 5) is 77.4. The van der Waals surface area contributed by atoms with Crippen molar-refractivity contribution in [2.75, 3.05) is 32.4 Å². The minimum atomic E-state index is -3.67. The van der Waals surface area contributed by atoms with Gasteiger partial charge in [-0.15, -0.1) is 0 Å². The molecule has 51 heavy (non-hydrogen) atoms. The van der Waals surface area contributed by atoms with E-state index in [4.69, 9.17) is 4.55 Å². The number of non-ortho nitro benzene ring substituents is 2. The van der Waals surface area contributed by atoms with Gasteiger partial charge in [0.2, 0.25) is 0 Å². The van der Waals surface area contributed by atoms with Crippen LogP contribution in [0.3, 0.4) is 0 Å². The zero-order chi connectivity index (χ0) is 37.4. The maximum Gasteiger partial charge on any atom is 0.270 e. The van der Waals surface area contributed by atoms with E-state index in [0.717, 1.165) is 9.80 Å². The molecule has 3 N–H and O–H groups in total. The number of nitro groups is 2. The van der Waals surface area contributed by atoms with Gasteiger partial charge in [0.25, 0.3) is 45.1 Å². The van der Waals surface area contributed by atoms with Crippen molar-refractivity contribution in [1.29, 1.82) is 0 Å². The maximum absolute atomic E-state index is 13.4. The molecule has 0 fully saturated rings. The highest BCUT2D eigenvalue weighted by molar-refractivity contribution is 7.85. The van der Waals surface area contributed by atoms with Crippen LogP contribution in [0.2, 0.25) is 0 Å². The lowest BCUT2D eigenvalue weighted by atomic mass is 9.92. The van der Waals surface area contributed by atoms with Gasteiger partial charge in [-0.2, -0.15) is 8.42 Å². The minimum absolute atomic E-state index is 0.108. The number of rotatable bonds is 11. The third kappa shape index (κ3) is 7.43. The van der Waals surface area contributed by atoms with Gasteiger partial charge in [-0.3, -0.25) is 53.8 Å². The van der Waals surface area contributed by atoms with Gasteiger partial charge in [0.05, 0.1) is 27.2 Å². The van der Waals surface area contributed by atoms with Crippen molar-refractivity contribution in [2.24, 2.45) is 0 Å². The zero-order valence-corrected chi connectivity index (χ0v) is 28.3. The number of imide groups is 2. The molecule has 0 saturated heterocycles. The Morgan fingerprint density at radius 3 is 1.33 bits per heavy atom. The summed E-state index contributed by atoms with van der Waals surface area (Å²) in [5, 5.41) is 31.0. The molecule has 17 nitrogen and oxygen atoms in total. The van der Waals surface area contributed by atoms with E-state index in [1.165, 1.54) is 24.3 Å². The van der Waals surface area contributed by atoms with Gasteiger partial charge in [-0.05, 0) is 36.8 Å². The molecule has 4 amide bonds. The van der Waals surface area contributed by atoms with Gasteiger partial charge in [-0.25, -0.2) is 0 Å². The van der Waals surface area contributed by atoms with E-state index < -0.39 is 55.7 Å². The fourth-order valence-corrected chi connectivity index (χ4v) is 6.21. The van der Waals surface area contributed by atoms with Crippen molar-refractivity contribution in [3.8, 4) is 0 Å². The molecule has 4 aromatic rings. The minimum Gasteiger partial charge on any atom is -0.313 e. The molecule has 0 saturated carbocycles. The number of carbonyl (C=O) groups is 4. The number of hydrogen-bond donors (Lipinski definition) is 3. The predicted octanol–water partition coefficient (Wildman–Crippen LogP) is 3.16. The second kappa shape index (κ2) is 14.3. The average molecular weight is 721 g/mol. The first kappa shape index (κ1) is 36.6. The van der Waals surface area contributed by atoms with Gasteiger partial charge in [0.15, 0.2) is 0 Å². The quantitative estimate of drug-likeness (QED) is 0.0664. The SMILES string of the molecule is CS(=O)(=O)O.C[C@H](CNCCNC[C@@H](C)N1C(=O)c2cccc3cc([N+](=O)[O-])cc(c23)C1=O)N1C(=O)c2cccc3cc([N+](=O)[O-])cc(c23)C1=O. The van der Waals surface area contributed by atoms with Crippen LogP contribution in [0.5, 0.6) is 0 Å². The molecule has 18 heteroatoms. The van der Waals surface area contributed by atoms with Gasteiger partial charge in [0, 0.05) is 84.4 Å². The normalized spacial score (nSPS) is 15.1. The Kier molecular flexibility index (Phi) is 10.2. The summed E-state index contributed by atoms with van der Waals surface area (Å²) >= 11 is 0. The summed E-state index contributed by atoms with van der Waals surface area (Å²) in [5.74, 6) is -2.15. The van der Waals surface area contributed by atoms with Crippen LogP contribution in [-0.2, 0) is 10.1 Å². The third-order valence-electron chi connectivity index (χ3n) is 8.38. The van der Waals surface area contributed by atoms with Gasteiger partial charge >= 0.3 is 0 Å². The number of benzene rings is 4. The average Bonchev–Trinajstić information content (AvgIpc) is 3.06. The van der Waals surface area contributed by atoms with Crippen LogP contribution < -0.4 is 10.6 Å². The molecule has 2 aliphatic rings. The Balaban J connectivity index is 0.000000943. The van der Waals surface area contributed by atoms with Crippen molar-refractivity contribution in [2.45, 2.75) is 25.9 Å². The van der Waals surface area contributed by atoms with Crippen molar-refractivity contribution in [1.82, 2.24) is 20.4 Å². The highest BCUT2D eigenvalue weighted by Crippen LogP contribution is 2.35. The van der Waals surface area contributed by atoms with E-state index in [9.17, 15) is 47.8 Å². The van der Waals surface area contributed by atoms with Crippen LogP contribution in [0.1, 0.15) is 55.3 Å². The summed E-state index contributed by atoms with van der Waals surface area (Å²) in [6, 6.07) is 13.7. The largest absolute Gasteiger partial charge is 0.313 e. The molecule has 0 bridgehead atoms. The molecule has 0 unspecified atom stereocenters. The second-order valence-corrected chi connectivity index (χ2v) is 13.6. The summed E-state index contributed by atoms with van der Waals surface area (Å²) in [6.07, 6.45) is 0.715. The lowest BCUT2D eigenvalue weighted by Gasteiger charge is -2.32. The van der Waals surface area contributed by atoms with Crippen molar-refractivity contribution in [3.63, 3.8) is 0 Å². The third-order valence-corrected chi connectivity index (χ3v) is 8.38. The smallest absolute Gasteiger partial charge is 0.270 e. The summed E-state index contributed by atoms with van der Waals surface area (Å²) in [7, 11) is -3.67. The Morgan fingerprint density at radius 1 is 0.667 bits per heavy atom. The van der Waals surface area contributed by atoms with Crippen molar-refractivity contribution in [3.05, 3.63) is 103 Å². The number of nitrogens with one attached hydrogen (secondary N) is 2. The molecule has 0 radical (unpaired) electrons. The molecule has 0 aromatic heterocycles. The van der Waals surface area contributed by atoms with Crippen LogP contribution in [-0.4, -0.2) is 101 Å². The first-order valence-corrected chi connectivity index (χ1v) is 17.4. The second-order valence-electron chi connectivity index (χ2n) is 12.1. The fraction of sp³-hybridized carbons (Fsp3) is 0.273. The number of nitro benzene ring substituents is 2. The summed E-state index contributed by atoms with van der Waals surface area (Å²) in [6.45, 7) is 4.74. The standard InChI is InChI=1S/C32H28N6O8.CH4O3S/c1-17(35-29(39)23-7-3-5-19-11-21(37(43)44)13-25(27(19)23)31(35)41)15-33-9-10-34-16-18(2)36-30(40)24-8-4-6-20-12-22(38(45)46)14-26(28(20)24)32(36)42;1-5(2,3)4/h3-8,11-14,17-18,33-34H,9-10,15-16H2,1-2H3;1H3,(H,2,3,4)/t17-,18-;/m1./s1. The number of carbonyl (C=O) groups excluding carboxylic acids is 4. The number of hydrogen-bond acceptors (Lipinski definition) is 12. The van der Waals surface area contributed by atoms with Crippen LogP contribution in [0.15, 0.2) is 60.7 Å². The Bertz CT molecular complexity index is 2110. The van der Waals surface area contributed by atoms with Crippen LogP contribution >= 0.6 is 0 Å². The van der Waals surface area contributed by atoms with Gasteiger partial charge in [0.1, 0.15) is 0 Å². The highest BCUT2D eigenvalue weighted by atomic mass is 32.2. The zero-order valence-electron chi connectivity index (χ0n) is 27.5. The lowest BCUT2D eigenvalue weighted by molar-refractivity contribution is -0.384. The molecule has 4 aromatic carbocycles. The first-order chi connectivity index (χ1) is 24.0. The lowest BCUT2D eigenvalue weighted by Crippen LogP contribution is -2.51. The Hall–Kier alpha value is -5.69. The molecular weight excluding hydrogens is 688 g/mol. The van der Waals surface area contributed by atoms with Gasteiger partial charge < -0.3 is 10.6 Å². The van der Waals surface area contributed by atoms with Crippen LogP contribution in [0.25, 0.3) is 21.5 Å². The number of amides is 4.